The summed E-state index contributed by atoms with van der Waals surface area (Å²) in [4.78, 5) is 17.6. The van der Waals surface area contributed by atoms with Gasteiger partial charge in [0.25, 0.3) is 0 Å². The molecule has 0 aliphatic carbocycles. The van der Waals surface area contributed by atoms with Crippen molar-refractivity contribution in [1.82, 2.24) is 19.9 Å². The first-order valence-corrected chi connectivity index (χ1v) is 8.85. The summed E-state index contributed by atoms with van der Waals surface area (Å²) in [6.45, 7) is 5.21. The molecule has 8 heteroatoms. The number of aryl methyl sites for hydroxylation is 1. The highest BCUT2D eigenvalue weighted by molar-refractivity contribution is 6.35. The first kappa shape index (κ1) is 18.4. The van der Waals surface area contributed by atoms with Gasteiger partial charge in [0.2, 0.25) is 0 Å². The minimum absolute atomic E-state index is 0.490. The van der Waals surface area contributed by atoms with Crippen LogP contribution in [0.5, 0.6) is 0 Å². The van der Waals surface area contributed by atoms with E-state index in [1.807, 2.05) is 32.0 Å². The third kappa shape index (κ3) is 4.39. The van der Waals surface area contributed by atoms with Crippen LogP contribution in [0.2, 0.25) is 10.0 Å². The molecular formula is C18H18Cl2N6. The molecule has 2 N–H and O–H groups in total. The van der Waals surface area contributed by atoms with Crippen molar-refractivity contribution in [3.8, 4) is 11.5 Å². The van der Waals surface area contributed by atoms with E-state index in [-0.39, 0.29) is 0 Å². The average Bonchev–Trinajstić information content (AvgIpc) is 2.64. The fraction of sp³-hybridized carbons (Fsp3) is 0.222. The third-order valence-corrected chi connectivity index (χ3v) is 4.30. The van der Waals surface area contributed by atoms with Crippen molar-refractivity contribution >= 4 is 34.8 Å². The Balaban J connectivity index is 1.67. The molecule has 0 aliphatic rings. The van der Waals surface area contributed by atoms with E-state index in [1.54, 1.807) is 18.5 Å². The van der Waals surface area contributed by atoms with Crippen LogP contribution in [0.1, 0.15) is 11.3 Å². The molecule has 26 heavy (non-hydrogen) atoms. The van der Waals surface area contributed by atoms with Gasteiger partial charge in [0.1, 0.15) is 17.3 Å². The summed E-state index contributed by atoms with van der Waals surface area (Å²) in [5, 5.41) is 7.49. The Bertz CT molecular complexity index is 902. The second-order valence-corrected chi connectivity index (χ2v) is 6.50. The van der Waals surface area contributed by atoms with Crippen LogP contribution in [0.3, 0.4) is 0 Å². The van der Waals surface area contributed by atoms with Gasteiger partial charge >= 0.3 is 0 Å². The van der Waals surface area contributed by atoms with Crippen LogP contribution in [0.15, 0.2) is 36.7 Å². The lowest BCUT2D eigenvalue weighted by Crippen LogP contribution is -2.16. The molecule has 0 bridgehead atoms. The lowest BCUT2D eigenvalue weighted by Gasteiger charge is -2.13. The molecule has 3 aromatic rings. The molecule has 0 atom stereocenters. The summed E-state index contributed by atoms with van der Waals surface area (Å²) in [6, 6.07) is 7.33. The Labute approximate surface area is 162 Å². The number of hydrogen-bond acceptors (Lipinski definition) is 6. The molecule has 0 spiro atoms. The van der Waals surface area contributed by atoms with Gasteiger partial charge in [-0.1, -0.05) is 29.3 Å². The number of hydrogen-bond donors (Lipinski definition) is 2. The Morgan fingerprint density at radius 1 is 0.962 bits per heavy atom. The van der Waals surface area contributed by atoms with Gasteiger partial charge in [-0.15, -0.1) is 0 Å². The van der Waals surface area contributed by atoms with Gasteiger partial charge in [-0.2, -0.15) is 0 Å². The van der Waals surface area contributed by atoms with Crippen molar-refractivity contribution in [2.45, 2.75) is 13.8 Å². The molecule has 6 nitrogen and oxygen atoms in total. The molecular weight excluding hydrogens is 371 g/mol. The fourth-order valence-electron chi connectivity index (χ4n) is 2.32. The molecule has 3 aromatic heterocycles. The molecule has 0 fully saturated rings. The van der Waals surface area contributed by atoms with Crippen LogP contribution in [0.25, 0.3) is 11.5 Å². The highest BCUT2D eigenvalue weighted by Gasteiger charge is 2.10. The second-order valence-electron chi connectivity index (χ2n) is 5.66. The van der Waals surface area contributed by atoms with Gasteiger partial charge in [-0.3, -0.25) is 4.98 Å². The Morgan fingerprint density at radius 3 is 2.42 bits per heavy atom. The molecule has 0 aliphatic heterocycles. The molecule has 0 saturated heterocycles. The summed E-state index contributed by atoms with van der Waals surface area (Å²) in [5.74, 6) is 1.99. The van der Waals surface area contributed by atoms with Gasteiger partial charge in [0, 0.05) is 36.7 Å². The molecule has 0 saturated carbocycles. The van der Waals surface area contributed by atoms with Crippen LogP contribution in [0, 0.1) is 13.8 Å². The summed E-state index contributed by atoms with van der Waals surface area (Å²) in [6.07, 6.45) is 3.29. The average molecular weight is 389 g/mol. The normalized spacial score (nSPS) is 10.6. The predicted molar refractivity (Wildman–Crippen MR) is 106 cm³/mol. The number of halogens is 2. The van der Waals surface area contributed by atoms with Gasteiger partial charge in [0.15, 0.2) is 5.82 Å². The van der Waals surface area contributed by atoms with E-state index >= 15 is 0 Å². The zero-order valence-electron chi connectivity index (χ0n) is 14.4. The maximum absolute atomic E-state index is 6.10. The summed E-state index contributed by atoms with van der Waals surface area (Å²) in [5.41, 5.74) is 2.67. The standard InChI is InChI=1S/C18H18Cl2N6/c1-11-12(2)25-18(15-5-3-4-6-21-15)26-16(11)22-7-8-23-17-14(20)9-13(19)10-24-17/h3-6,9-10H,7-8H2,1-2H3,(H,23,24)(H,22,25,26). The Kier molecular flexibility index (Phi) is 5.85. The van der Waals surface area contributed by atoms with Crippen molar-refractivity contribution in [3.63, 3.8) is 0 Å². The van der Waals surface area contributed by atoms with Gasteiger partial charge in [-0.25, -0.2) is 15.0 Å². The minimum Gasteiger partial charge on any atom is -0.368 e. The highest BCUT2D eigenvalue weighted by Crippen LogP contribution is 2.22. The lowest BCUT2D eigenvalue weighted by molar-refractivity contribution is 1.00. The first-order valence-electron chi connectivity index (χ1n) is 8.10. The Hall–Kier alpha value is -2.44. The predicted octanol–water partition coefficient (Wildman–Crippen LogP) is 4.38. The number of anilines is 2. The highest BCUT2D eigenvalue weighted by atomic mass is 35.5. The molecule has 3 rings (SSSR count). The maximum atomic E-state index is 6.10. The lowest BCUT2D eigenvalue weighted by atomic mass is 10.2. The Morgan fingerprint density at radius 2 is 1.73 bits per heavy atom. The second kappa shape index (κ2) is 8.29. The third-order valence-electron chi connectivity index (χ3n) is 3.80. The van der Waals surface area contributed by atoms with Gasteiger partial charge in [0.05, 0.1) is 10.0 Å². The van der Waals surface area contributed by atoms with Gasteiger partial charge < -0.3 is 10.6 Å². The van der Waals surface area contributed by atoms with E-state index in [9.17, 15) is 0 Å². The first-order chi connectivity index (χ1) is 12.5. The number of pyridine rings is 2. The largest absolute Gasteiger partial charge is 0.368 e. The number of rotatable bonds is 6. The van der Waals surface area contributed by atoms with Crippen LogP contribution in [-0.2, 0) is 0 Å². The topological polar surface area (TPSA) is 75.6 Å². The van der Waals surface area contributed by atoms with Gasteiger partial charge in [-0.05, 0) is 32.0 Å². The van der Waals surface area contributed by atoms with Crippen molar-refractivity contribution < 1.29 is 0 Å². The van der Waals surface area contributed by atoms with Crippen molar-refractivity contribution in [2.24, 2.45) is 0 Å². The van der Waals surface area contributed by atoms with Crippen molar-refractivity contribution in [1.29, 1.82) is 0 Å². The molecule has 0 aromatic carbocycles. The SMILES string of the molecule is Cc1nc(-c2ccccn2)nc(NCCNc2ncc(Cl)cc2Cl)c1C. The molecule has 3 heterocycles. The quantitative estimate of drug-likeness (QED) is 0.610. The van der Waals surface area contributed by atoms with Crippen molar-refractivity contribution in [2.75, 3.05) is 23.7 Å². The van der Waals surface area contributed by atoms with Crippen molar-refractivity contribution in [3.05, 3.63) is 58.0 Å². The summed E-state index contributed by atoms with van der Waals surface area (Å²) in [7, 11) is 0. The molecule has 0 amide bonds. The number of nitrogens with one attached hydrogen (secondary N) is 2. The van der Waals surface area contributed by atoms with Crippen LogP contribution >= 0.6 is 23.2 Å². The van der Waals surface area contributed by atoms with E-state index in [0.29, 0.717) is 34.8 Å². The monoisotopic (exact) mass is 388 g/mol. The maximum Gasteiger partial charge on any atom is 0.180 e. The fourth-order valence-corrected chi connectivity index (χ4v) is 2.76. The molecule has 0 unspecified atom stereocenters. The van der Waals surface area contributed by atoms with E-state index in [2.05, 4.69) is 30.6 Å². The smallest absolute Gasteiger partial charge is 0.180 e. The zero-order chi connectivity index (χ0) is 18.5. The van der Waals surface area contributed by atoms with Crippen LogP contribution in [-0.4, -0.2) is 33.0 Å². The van der Waals surface area contributed by atoms with E-state index in [1.165, 1.54) is 0 Å². The van der Waals surface area contributed by atoms with E-state index < -0.39 is 0 Å². The zero-order valence-corrected chi connectivity index (χ0v) is 15.9. The minimum atomic E-state index is 0.490. The van der Waals surface area contributed by atoms with Crippen LogP contribution in [0.4, 0.5) is 11.6 Å². The van der Waals surface area contributed by atoms with E-state index in [0.717, 1.165) is 22.8 Å². The summed E-state index contributed by atoms with van der Waals surface area (Å²) >= 11 is 12.0. The van der Waals surface area contributed by atoms with Crippen LogP contribution < -0.4 is 10.6 Å². The molecule has 0 radical (unpaired) electrons. The number of nitrogens with zero attached hydrogens (tertiary/aromatic N) is 4. The number of aromatic nitrogens is 4. The molecule has 134 valence electrons. The van der Waals surface area contributed by atoms with E-state index in [4.69, 9.17) is 23.2 Å². The summed E-state index contributed by atoms with van der Waals surface area (Å²) < 4.78 is 0.